The minimum absolute atomic E-state index is 0.0199. The molecule has 0 saturated carbocycles. The first-order chi connectivity index (χ1) is 11.2. The van der Waals surface area contributed by atoms with E-state index in [4.69, 9.17) is 4.42 Å². The third-order valence-corrected chi connectivity index (χ3v) is 3.60. The summed E-state index contributed by atoms with van der Waals surface area (Å²) in [4.78, 5) is 12.1. The highest BCUT2D eigenvalue weighted by molar-refractivity contribution is 5.94. The van der Waals surface area contributed by atoms with Gasteiger partial charge in [-0.15, -0.1) is 0 Å². The summed E-state index contributed by atoms with van der Waals surface area (Å²) >= 11 is 0. The summed E-state index contributed by atoms with van der Waals surface area (Å²) in [5.41, 5.74) is 1.42. The molecule has 1 aromatic carbocycles. The van der Waals surface area contributed by atoms with Crippen LogP contribution in [-0.4, -0.2) is 15.7 Å². The van der Waals surface area contributed by atoms with Crippen molar-refractivity contribution in [1.82, 2.24) is 9.78 Å². The predicted octanol–water partition coefficient (Wildman–Crippen LogP) is 3.67. The predicted molar refractivity (Wildman–Crippen MR) is 81.5 cm³/mol. The molecule has 0 fully saturated rings. The molecule has 1 amide bonds. The van der Waals surface area contributed by atoms with E-state index in [1.165, 1.54) is 13.3 Å². The van der Waals surface area contributed by atoms with Crippen molar-refractivity contribution in [3.8, 4) is 0 Å². The van der Waals surface area contributed by atoms with Crippen molar-refractivity contribution in [2.24, 2.45) is 7.05 Å². The number of nitrogens with one attached hydrogen (secondary N) is 1. The van der Waals surface area contributed by atoms with Gasteiger partial charge in [-0.3, -0.25) is 9.48 Å². The molecule has 0 aliphatic rings. The molecule has 1 N–H and O–H groups in total. The zero-order valence-electron chi connectivity index (χ0n) is 12.9. The second-order valence-corrected chi connectivity index (χ2v) is 5.52. The third kappa shape index (κ3) is 3.12. The third-order valence-electron chi connectivity index (χ3n) is 3.60. The number of benzene rings is 1. The maximum atomic E-state index is 12.7. The van der Waals surface area contributed by atoms with Gasteiger partial charge in [-0.25, -0.2) is 0 Å². The number of carbonyl (C=O) groups excluding carboxylic acids is 1. The zero-order valence-corrected chi connectivity index (χ0v) is 12.9. The molecule has 0 radical (unpaired) electrons. The highest BCUT2D eigenvalue weighted by Gasteiger charge is 2.35. The Morgan fingerprint density at radius 1 is 1.33 bits per heavy atom. The second kappa shape index (κ2) is 5.70. The largest absolute Gasteiger partial charge is 0.464 e. The summed E-state index contributed by atoms with van der Waals surface area (Å²) in [6.45, 7) is 1.92. The summed E-state index contributed by atoms with van der Waals surface area (Å²) in [6, 6.07) is 6.40. The first kappa shape index (κ1) is 16.1. The molecule has 3 aromatic rings. The Bertz CT molecular complexity index is 909. The van der Waals surface area contributed by atoms with Gasteiger partial charge in [0, 0.05) is 24.1 Å². The van der Waals surface area contributed by atoms with Gasteiger partial charge in [-0.05, 0) is 18.6 Å². The number of furan rings is 1. The molecule has 0 saturated heterocycles. The van der Waals surface area contributed by atoms with Crippen molar-refractivity contribution in [2.45, 2.75) is 19.5 Å². The van der Waals surface area contributed by atoms with Crippen LogP contribution in [0.4, 0.5) is 19.0 Å². The summed E-state index contributed by atoms with van der Waals surface area (Å²) in [7, 11) is 1.17. The van der Waals surface area contributed by atoms with Crippen LogP contribution in [-0.2, 0) is 24.4 Å². The number of anilines is 1. The summed E-state index contributed by atoms with van der Waals surface area (Å²) in [6.07, 6.45) is -3.07. The summed E-state index contributed by atoms with van der Waals surface area (Å²) in [5.74, 6) is -0.608. The van der Waals surface area contributed by atoms with Crippen LogP contribution >= 0.6 is 0 Å². The van der Waals surface area contributed by atoms with Gasteiger partial charge in [0.25, 0.3) is 0 Å². The molecule has 24 heavy (non-hydrogen) atoms. The van der Waals surface area contributed by atoms with E-state index in [9.17, 15) is 18.0 Å². The van der Waals surface area contributed by atoms with Crippen LogP contribution < -0.4 is 5.32 Å². The molecule has 0 unspecified atom stereocenters. The van der Waals surface area contributed by atoms with E-state index in [0.717, 1.165) is 17.0 Å². The standard InChI is InChI=1S/C16H14F3N3O2/c1-9-3-4-11-10(8-24-12(11)5-9)6-15(23)20-14-7-13(16(17,18)19)22(2)21-14/h3-5,7-8H,6H2,1-2H3,(H,20,21,23). The highest BCUT2D eigenvalue weighted by Crippen LogP contribution is 2.30. The Hall–Kier alpha value is -2.77. The van der Waals surface area contributed by atoms with E-state index < -0.39 is 17.8 Å². The number of rotatable bonds is 3. The van der Waals surface area contributed by atoms with Gasteiger partial charge in [0.2, 0.25) is 5.91 Å². The lowest BCUT2D eigenvalue weighted by atomic mass is 10.1. The number of halogens is 3. The summed E-state index contributed by atoms with van der Waals surface area (Å²) < 4.78 is 44.3. The summed E-state index contributed by atoms with van der Waals surface area (Å²) in [5, 5.41) is 6.84. The molecule has 5 nitrogen and oxygen atoms in total. The van der Waals surface area contributed by atoms with E-state index in [1.807, 2.05) is 25.1 Å². The SMILES string of the molecule is Cc1ccc2c(CC(=O)Nc3cc(C(F)(F)F)n(C)n3)coc2c1. The fraction of sp³-hybridized carbons (Fsp3) is 0.250. The number of nitrogens with zero attached hydrogens (tertiary/aromatic N) is 2. The maximum Gasteiger partial charge on any atom is 0.433 e. The van der Waals surface area contributed by atoms with E-state index in [2.05, 4.69) is 10.4 Å². The number of amides is 1. The number of carbonyl (C=O) groups is 1. The molecule has 0 spiro atoms. The van der Waals surface area contributed by atoms with Crippen LogP contribution in [0, 0.1) is 6.92 Å². The lowest BCUT2D eigenvalue weighted by molar-refractivity contribution is -0.143. The van der Waals surface area contributed by atoms with Gasteiger partial charge >= 0.3 is 6.18 Å². The fourth-order valence-electron chi connectivity index (χ4n) is 2.48. The smallest absolute Gasteiger partial charge is 0.433 e. The normalized spacial score (nSPS) is 11.9. The average molecular weight is 337 g/mol. The Morgan fingerprint density at radius 3 is 2.75 bits per heavy atom. The Kier molecular flexibility index (Phi) is 3.82. The van der Waals surface area contributed by atoms with Crippen LogP contribution in [0.15, 0.2) is 34.9 Å². The maximum absolute atomic E-state index is 12.7. The molecule has 8 heteroatoms. The Balaban J connectivity index is 1.76. The molecule has 126 valence electrons. The average Bonchev–Trinajstić information content (AvgIpc) is 3.02. The molecular weight excluding hydrogens is 323 g/mol. The van der Waals surface area contributed by atoms with Crippen molar-refractivity contribution in [2.75, 3.05) is 5.32 Å². The van der Waals surface area contributed by atoms with Crippen LogP contribution in [0.25, 0.3) is 11.0 Å². The van der Waals surface area contributed by atoms with Crippen molar-refractivity contribution in [1.29, 1.82) is 0 Å². The van der Waals surface area contributed by atoms with Gasteiger partial charge in [0.05, 0.1) is 12.7 Å². The van der Waals surface area contributed by atoms with E-state index in [1.54, 1.807) is 0 Å². The molecule has 3 rings (SSSR count). The van der Waals surface area contributed by atoms with Crippen LogP contribution in [0.5, 0.6) is 0 Å². The van der Waals surface area contributed by atoms with E-state index in [0.29, 0.717) is 15.8 Å². The van der Waals surface area contributed by atoms with Gasteiger partial charge < -0.3 is 9.73 Å². The number of hydrogen-bond acceptors (Lipinski definition) is 3. The molecule has 0 aliphatic heterocycles. The molecule has 0 aliphatic carbocycles. The van der Waals surface area contributed by atoms with Crippen molar-refractivity contribution < 1.29 is 22.4 Å². The minimum atomic E-state index is -4.52. The first-order valence-corrected chi connectivity index (χ1v) is 7.12. The van der Waals surface area contributed by atoms with Gasteiger partial charge in [-0.2, -0.15) is 18.3 Å². The Morgan fingerprint density at radius 2 is 2.08 bits per heavy atom. The van der Waals surface area contributed by atoms with Crippen LogP contribution in [0.3, 0.4) is 0 Å². The molecule has 2 heterocycles. The van der Waals surface area contributed by atoms with Crippen molar-refractivity contribution in [3.05, 3.63) is 47.3 Å². The quantitative estimate of drug-likeness (QED) is 0.793. The van der Waals surface area contributed by atoms with Crippen molar-refractivity contribution >= 4 is 22.7 Å². The monoisotopic (exact) mass is 337 g/mol. The second-order valence-electron chi connectivity index (χ2n) is 5.52. The number of fused-ring (bicyclic) bond motifs is 1. The molecular formula is C16H14F3N3O2. The number of aryl methyl sites for hydroxylation is 2. The zero-order chi connectivity index (χ0) is 17.5. The lowest BCUT2D eigenvalue weighted by Gasteiger charge is -2.04. The van der Waals surface area contributed by atoms with E-state index in [-0.39, 0.29) is 12.2 Å². The topological polar surface area (TPSA) is 60.1 Å². The highest BCUT2D eigenvalue weighted by atomic mass is 19.4. The number of hydrogen-bond donors (Lipinski definition) is 1. The number of alkyl halides is 3. The molecule has 0 bridgehead atoms. The van der Waals surface area contributed by atoms with Gasteiger partial charge in [0.15, 0.2) is 5.82 Å². The van der Waals surface area contributed by atoms with E-state index >= 15 is 0 Å². The minimum Gasteiger partial charge on any atom is -0.464 e. The fourth-order valence-corrected chi connectivity index (χ4v) is 2.48. The molecule has 0 atom stereocenters. The first-order valence-electron chi connectivity index (χ1n) is 7.12. The van der Waals surface area contributed by atoms with Crippen molar-refractivity contribution in [3.63, 3.8) is 0 Å². The van der Waals surface area contributed by atoms with Crippen LogP contribution in [0.2, 0.25) is 0 Å². The van der Waals surface area contributed by atoms with Crippen LogP contribution in [0.1, 0.15) is 16.8 Å². The lowest BCUT2D eigenvalue weighted by Crippen LogP contribution is -2.14. The van der Waals surface area contributed by atoms with Gasteiger partial charge in [0.1, 0.15) is 11.3 Å². The number of aromatic nitrogens is 2. The molecule has 2 aromatic heterocycles. The van der Waals surface area contributed by atoms with Gasteiger partial charge in [-0.1, -0.05) is 12.1 Å². The Labute approximate surface area is 135 Å².